The van der Waals surface area contributed by atoms with Gasteiger partial charge in [-0.1, -0.05) is 97.6 Å². The second-order valence-electron chi connectivity index (χ2n) is 8.74. The van der Waals surface area contributed by atoms with Crippen LogP contribution in [0.3, 0.4) is 0 Å². The fraction of sp³-hybridized carbons (Fsp3) is 0.0625. The van der Waals surface area contributed by atoms with E-state index in [1.807, 2.05) is 18.2 Å². The van der Waals surface area contributed by atoms with Crippen molar-refractivity contribution in [2.75, 3.05) is 0 Å². The van der Waals surface area contributed by atoms with Crippen LogP contribution in [0.5, 0.6) is 0 Å². The fourth-order valence-electron chi connectivity index (χ4n) is 5.80. The first-order valence-electron chi connectivity index (χ1n) is 11.3. The largest absolute Gasteiger partial charge is 0.207 e. The summed E-state index contributed by atoms with van der Waals surface area (Å²) in [6.45, 7) is 6.31. The Morgan fingerprint density at radius 2 is 1.18 bits per heavy atom. The average molecular weight is 427 g/mol. The molecule has 33 heavy (non-hydrogen) atoms. The van der Waals surface area contributed by atoms with Crippen molar-refractivity contribution < 1.29 is 4.39 Å². The van der Waals surface area contributed by atoms with Crippen LogP contribution in [0, 0.1) is 5.82 Å². The number of rotatable bonds is 3. The Balaban J connectivity index is 1.71. The number of benzene rings is 4. The molecule has 0 nitrogen and oxygen atoms in total. The van der Waals surface area contributed by atoms with Crippen molar-refractivity contribution in [1.82, 2.24) is 0 Å². The summed E-state index contributed by atoms with van der Waals surface area (Å²) in [4.78, 5) is 0. The lowest BCUT2D eigenvalue weighted by Gasteiger charge is -2.32. The SMILES string of the molecule is C=C/C(=C\C1=C(C)c2ccccc2C12c1ccccc1-c1ccccc12)c1ccc(F)cc1. The van der Waals surface area contributed by atoms with E-state index in [1.165, 1.54) is 56.7 Å². The van der Waals surface area contributed by atoms with Gasteiger partial charge in [0.25, 0.3) is 0 Å². The number of allylic oxidation sites excluding steroid dienone is 5. The molecule has 4 aromatic carbocycles. The number of halogens is 1. The molecule has 4 aromatic rings. The fourth-order valence-corrected chi connectivity index (χ4v) is 5.80. The van der Waals surface area contributed by atoms with Gasteiger partial charge in [-0.05, 0) is 80.8 Å². The van der Waals surface area contributed by atoms with Gasteiger partial charge in [-0.15, -0.1) is 0 Å². The van der Waals surface area contributed by atoms with E-state index in [9.17, 15) is 4.39 Å². The molecule has 0 heterocycles. The Bertz CT molecular complexity index is 1440. The molecule has 2 aliphatic carbocycles. The first-order valence-corrected chi connectivity index (χ1v) is 11.3. The highest BCUT2D eigenvalue weighted by Crippen LogP contribution is 2.62. The summed E-state index contributed by atoms with van der Waals surface area (Å²) in [5.74, 6) is -0.235. The van der Waals surface area contributed by atoms with Gasteiger partial charge in [0.05, 0.1) is 5.41 Å². The topological polar surface area (TPSA) is 0 Å². The second-order valence-corrected chi connectivity index (χ2v) is 8.74. The predicted molar refractivity (Wildman–Crippen MR) is 135 cm³/mol. The Morgan fingerprint density at radius 3 is 1.73 bits per heavy atom. The van der Waals surface area contributed by atoms with Crippen LogP contribution in [-0.2, 0) is 5.41 Å². The summed E-state index contributed by atoms with van der Waals surface area (Å²) < 4.78 is 13.6. The van der Waals surface area contributed by atoms with Gasteiger partial charge in [-0.2, -0.15) is 0 Å². The molecule has 0 atom stereocenters. The summed E-state index contributed by atoms with van der Waals surface area (Å²) in [6, 6.07) is 32.9. The molecule has 158 valence electrons. The zero-order chi connectivity index (χ0) is 22.6. The minimum absolute atomic E-state index is 0.235. The van der Waals surface area contributed by atoms with Crippen molar-refractivity contribution in [2.45, 2.75) is 12.3 Å². The molecular weight excluding hydrogens is 403 g/mol. The smallest absolute Gasteiger partial charge is 0.123 e. The molecule has 0 N–H and O–H groups in total. The quantitative estimate of drug-likeness (QED) is 0.290. The van der Waals surface area contributed by atoms with E-state index >= 15 is 0 Å². The summed E-state index contributed by atoms with van der Waals surface area (Å²) in [5, 5.41) is 0. The van der Waals surface area contributed by atoms with Gasteiger partial charge in [0, 0.05) is 0 Å². The standard InChI is InChI=1S/C32H23F/c1-3-22(23-16-18-24(33)19-17-23)20-31-21(2)25-10-4-7-13-28(25)32(31)29-14-8-5-11-26(29)27-12-6-9-15-30(27)32/h3-20H,1H2,2H3/b22-20+. The molecule has 0 fully saturated rings. The van der Waals surface area contributed by atoms with Crippen molar-refractivity contribution in [1.29, 1.82) is 0 Å². The minimum Gasteiger partial charge on any atom is -0.207 e. The van der Waals surface area contributed by atoms with Gasteiger partial charge in [-0.3, -0.25) is 0 Å². The summed E-state index contributed by atoms with van der Waals surface area (Å²) in [6.07, 6.45) is 4.13. The molecule has 1 spiro atoms. The Morgan fingerprint density at radius 1 is 0.697 bits per heavy atom. The summed E-state index contributed by atoms with van der Waals surface area (Å²) in [5.41, 5.74) is 11.8. The maximum Gasteiger partial charge on any atom is 0.123 e. The third kappa shape index (κ3) is 2.63. The lowest BCUT2D eigenvalue weighted by molar-refractivity contribution is 0.627. The molecular formula is C32H23F. The molecule has 1 heteroatoms. The highest BCUT2D eigenvalue weighted by molar-refractivity contribution is 5.96. The van der Waals surface area contributed by atoms with Crippen LogP contribution in [-0.4, -0.2) is 0 Å². The molecule has 0 unspecified atom stereocenters. The molecule has 2 aliphatic rings. The highest BCUT2D eigenvalue weighted by Gasteiger charge is 2.51. The van der Waals surface area contributed by atoms with Crippen molar-refractivity contribution in [3.05, 3.63) is 155 Å². The van der Waals surface area contributed by atoms with Crippen molar-refractivity contribution >= 4 is 11.1 Å². The highest BCUT2D eigenvalue weighted by atomic mass is 19.1. The molecule has 0 aromatic heterocycles. The summed E-state index contributed by atoms with van der Waals surface area (Å²) >= 11 is 0. The van der Waals surface area contributed by atoms with Crippen LogP contribution >= 0.6 is 0 Å². The van der Waals surface area contributed by atoms with Crippen LogP contribution in [0.1, 0.15) is 34.7 Å². The molecule has 0 aliphatic heterocycles. The van der Waals surface area contributed by atoms with Crippen LogP contribution < -0.4 is 0 Å². The van der Waals surface area contributed by atoms with Crippen molar-refractivity contribution in [3.8, 4) is 11.1 Å². The number of fused-ring (bicyclic) bond motifs is 7. The zero-order valence-electron chi connectivity index (χ0n) is 18.5. The van der Waals surface area contributed by atoms with E-state index in [2.05, 4.69) is 92.4 Å². The maximum absolute atomic E-state index is 13.6. The molecule has 6 rings (SSSR count). The normalized spacial score (nSPS) is 15.4. The van der Waals surface area contributed by atoms with Crippen LogP contribution in [0.2, 0.25) is 0 Å². The second kappa shape index (κ2) is 7.28. The first kappa shape index (κ1) is 19.7. The van der Waals surface area contributed by atoms with Crippen LogP contribution in [0.25, 0.3) is 22.3 Å². The molecule has 0 bridgehead atoms. The van der Waals surface area contributed by atoms with Gasteiger partial charge in [0.2, 0.25) is 0 Å². The third-order valence-electron chi connectivity index (χ3n) is 7.19. The van der Waals surface area contributed by atoms with E-state index in [1.54, 1.807) is 0 Å². The average Bonchev–Trinajstić information content (AvgIpc) is 3.29. The number of hydrogen-bond acceptors (Lipinski definition) is 0. The third-order valence-corrected chi connectivity index (χ3v) is 7.19. The van der Waals surface area contributed by atoms with Gasteiger partial charge in [0.1, 0.15) is 5.82 Å². The van der Waals surface area contributed by atoms with Gasteiger partial charge in [0.15, 0.2) is 0 Å². The van der Waals surface area contributed by atoms with Gasteiger partial charge >= 0.3 is 0 Å². The Kier molecular flexibility index (Phi) is 4.35. The number of hydrogen-bond donors (Lipinski definition) is 0. The van der Waals surface area contributed by atoms with Crippen molar-refractivity contribution in [3.63, 3.8) is 0 Å². The Hall–Kier alpha value is -3.97. The zero-order valence-corrected chi connectivity index (χ0v) is 18.5. The lowest BCUT2D eigenvalue weighted by atomic mass is 9.69. The van der Waals surface area contributed by atoms with Crippen LogP contribution in [0.4, 0.5) is 4.39 Å². The van der Waals surface area contributed by atoms with E-state index < -0.39 is 0 Å². The van der Waals surface area contributed by atoms with Crippen LogP contribution in [0.15, 0.2) is 121 Å². The van der Waals surface area contributed by atoms with Gasteiger partial charge < -0.3 is 0 Å². The maximum atomic E-state index is 13.6. The molecule has 0 amide bonds. The monoisotopic (exact) mass is 426 g/mol. The van der Waals surface area contributed by atoms with E-state index in [0.717, 1.165) is 11.1 Å². The minimum atomic E-state index is -0.387. The molecule has 0 saturated carbocycles. The van der Waals surface area contributed by atoms with E-state index in [-0.39, 0.29) is 11.2 Å². The van der Waals surface area contributed by atoms with E-state index in [0.29, 0.717) is 0 Å². The molecule has 0 radical (unpaired) electrons. The predicted octanol–water partition coefficient (Wildman–Crippen LogP) is 8.20. The lowest BCUT2D eigenvalue weighted by Crippen LogP contribution is -2.26. The Labute approximate surface area is 194 Å². The molecule has 0 saturated heterocycles. The first-order chi connectivity index (χ1) is 16.2. The van der Waals surface area contributed by atoms with Crippen molar-refractivity contribution in [2.24, 2.45) is 0 Å². The summed E-state index contributed by atoms with van der Waals surface area (Å²) in [7, 11) is 0. The van der Waals surface area contributed by atoms with Gasteiger partial charge in [-0.25, -0.2) is 4.39 Å². The van der Waals surface area contributed by atoms with E-state index in [4.69, 9.17) is 0 Å².